The number of likely N-dealkylation sites (tertiary alicyclic amines) is 1. The number of rotatable bonds is 2. The van der Waals surface area contributed by atoms with Gasteiger partial charge in [0.15, 0.2) is 0 Å². The molecule has 9 heteroatoms. The molecule has 2 aromatic heterocycles. The van der Waals surface area contributed by atoms with Crippen molar-refractivity contribution in [2.75, 3.05) is 13.1 Å². The van der Waals surface area contributed by atoms with Crippen LogP contribution in [-0.2, 0) is 0 Å². The van der Waals surface area contributed by atoms with Gasteiger partial charge in [0.25, 0.3) is 0 Å². The molecular formula is C18H14ClF2N5O. The van der Waals surface area contributed by atoms with Crippen molar-refractivity contribution in [2.45, 2.75) is 12.5 Å². The van der Waals surface area contributed by atoms with E-state index in [2.05, 4.69) is 15.1 Å². The molecule has 1 saturated heterocycles. The molecule has 2 aromatic rings. The van der Waals surface area contributed by atoms with Gasteiger partial charge in [-0.3, -0.25) is 4.98 Å². The van der Waals surface area contributed by atoms with Crippen LogP contribution < -0.4 is 0 Å². The van der Waals surface area contributed by atoms with Crippen molar-refractivity contribution >= 4 is 29.9 Å². The summed E-state index contributed by atoms with van der Waals surface area (Å²) >= 11 is 5.64. The summed E-state index contributed by atoms with van der Waals surface area (Å²) < 4.78 is 27.2. The molecule has 0 radical (unpaired) electrons. The molecule has 27 heavy (non-hydrogen) atoms. The van der Waals surface area contributed by atoms with E-state index < -0.39 is 11.8 Å². The van der Waals surface area contributed by atoms with E-state index in [4.69, 9.17) is 11.6 Å². The molecule has 0 spiro atoms. The second kappa shape index (κ2) is 7.03. The van der Waals surface area contributed by atoms with Gasteiger partial charge in [0.2, 0.25) is 5.95 Å². The van der Waals surface area contributed by atoms with E-state index in [0.717, 1.165) is 11.8 Å². The number of hydrogen-bond donors (Lipinski definition) is 0. The number of nitrogens with zero attached hydrogens (tertiary/aromatic N) is 5. The molecular weight excluding hydrogens is 376 g/mol. The van der Waals surface area contributed by atoms with Crippen molar-refractivity contribution in [3.8, 4) is 0 Å². The Labute approximate surface area is 158 Å². The molecule has 1 fully saturated rings. The second-order valence-electron chi connectivity index (χ2n) is 6.29. The van der Waals surface area contributed by atoms with Crippen molar-refractivity contribution in [3.63, 3.8) is 0 Å². The molecule has 1 unspecified atom stereocenters. The fraction of sp³-hybridized carbons (Fsp3) is 0.222. The molecule has 2 aliphatic rings. The molecule has 6 nitrogen and oxygen atoms in total. The number of carbonyl (C=O) groups excluding carboxylic acids is 1. The van der Waals surface area contributed by atoms with E-state index in [9.17, 15) is 13.6 Å². The predicted molar refractivity (Wildman–Crippen MR) is 96.0 cm³/mol. The highest BCUT2D eigenvalue weighted by Gasteiger charge is 2.35. The summed E-state index contributed by atoms with van der Waals surface area (Å²) in [5.41, 5.74) is 1.80. The van der Waals surface area contributed by atoms with E-state index in [1.807, 2.05) is 0 Å². The number of amides is 2. The number of urea groups is 1. The van der Waals surface area contributed by atoms with Crippen LogP contribution in [0.2, 0.25) is 5.15 Å². The Hall–Kier alpha value is -2.87. The van der Waals surface area contributed by atoms with Crippen LogP contribution in [0.3, 0.4) is 0 Å². The molecule has 2 amide bonds. The van der Waals surface area contributed by atoms with E-state index in [1.54, 1.807) is 23.3 Å². The molecule has 1 atom stereocenters. The van der Waals surface area contributed by atoms with Crippen LogP contribution in [0.5, 0.6) is 0 Å². The third-order valence-corrected chi connectivity index (χ3v) is 4.61. The fourth-order valence-corrected chi connectivity index (χ4v) is 3.19. The van der Waals surface area contributed by atoms with Gasteiger partial charge in [0, 0.05) is 37.5 Å². The Morgan fingerprint density at radius 1 is 1.26 bits per heavy atom. The Morgan fingerprint density at radius 2 is 2.07 bits per heavy atom. The monoisotopic (exact) mass is 389 g/mol. The van der Waals surface area contributed by atoms with Crippen LogP contribution in [0.15, 0.2) is 41.3 Å². The summed E-state index contributed by atoms with van der Waals surface area (Å²) in [5.74, 6) is -1.11. The average Bonchev–Trinajstić information content (AvgIpc) is 3.08. The average molecular weight is 390 g/mol. The molecule has 0 saturated carbocycles. The number of halogens is 3. The van der Waals surface area contributed by atoms with Crippen molar-refractivity contribution in [1.82, 2.24) is 19.9 Å². The predicted octanol–water partition coefficient (Wildman–Crippen LogP) is 3.66. The van der Waals surface area contributed by atoms with Gasteiger partial charge in [-0.15, -0.1) is 0 Å². The van der Waals surface area contributed by atoms with E-state index in [1.165, 1.54) is 23.3 Å². The SMILES string of the molecule is O=C(N1CC(=Cc2ccc(Cl)nc2F)C1)N1N=CCC1c1cncc(F)c1. The third kappa shape index (κ3) is 3.52. The molecule has 4 rings (SSSR count). The van der Waals surface area contributed by atoms with Gasteiger partial charge in [-0.2, -0.15) is 9.49 Å². The van der Waals surface area contributed by atoms with Gasteiger partial charge in [-0.1, -0.05) is 11.6 Å². The number of aromatic nitrogens is 2. The zero-order valence-corrected chi connectivity index (χ0v) is 14.8. The van der Waals surface area contributed by atoms with Crippen LogP contribution >= 0.6 is 11.6 Å². The first-order valence-corrected chi connectivity index (χ1v) is 8.61. The largest absolute Gasteiger partial charge is 0.341 e. The Balaban J connectivity index is 1.44. The summed E-state index contributed by atoms with van der Waals surface area (Å²) in [6.45, 7) is 0.724. The lowest BCUT2D eigenvalue weighted by Crippen LogP contribution is -2.49. The standard InChI is InChI=1S/C18H14ClF2N5O/c19-16-2-1-12(17(21)24-16)5-11-9-25(10-11)18(27)26-15(3-4-23-26)13-6-14(20)8-22-7-13/h1-2,4-8,15H,3,9-10H2. The minimum Gasteiger partial charge on any atom is -0.315 e. The van der Waals surface area contributed by atoms with Crippen LogP contribution in [-0.4, -0.2) is 45.2 Å². The van der Waals surface area contributed by atoms with E-state index in [-0.39, 0.29) is 17.2 Å². The molecule has 2 aliphatic heterocycles. The van der Waals surface area contributed by atoms with Crippen molar-refractivity contribution in [2.24, 2.45) is 5.10 Å². The number of hydrazone groups is 1. The van der Waals surface area contributed by atoms with Crippen LogP contribution in [0.4, 0.5) is 13.6 Å². The van der Waals surface area contributed by atoms with Gasteiger partial charge >= 0.3 is 6.03 Å². The van der Waals surface area contributed by atoms with Gasteiger partial charge in [0.1, 0.15) is 11.0 Å². The first-order valence-electron chi connectivity index (χ1n) is 8.24. The fourth-order valence-electron chi connectivity index (χ4n) is 3.05. The zero-order valence-electron chi connectivity index (χ0n) is 14.0. The first kappa shape index (κ1) is 17.5. The molecule has 0 N–H and O–H groups in total. The Morgan fingerprint density at radius 3 is 2.81 bits per heavy atom. The summed E-state index contributed by atoms with van der Waals surface area (Å²) in [6, 6.07) is 3.73. The minimum atomic E-state index is -0.650. The zero-order chi connectivity index (χ0) is 19.0. The van der Waals surface area contributed by atoms with Gasteiger partial charge in [0.05, 0.1) is 12.2 Å². The van der Waals surface area contributed by atoms with Gasteiger partial charge in [-0.25, -0.2) is 19.2 Å². The topological polar surface area (TPSA) is 61.7 Å². The van der Waals surface area contributed by atoms with Crippen LogP contribution in [0.1, 0.15) is 23.6 Å². The molecule has 0 bridgehead atoms. The lowest BCUT2D eigenvalue weighted by atomic mass is 10.0. The Kier molecular flexibility index (Phi) is 4.57. The number of pyridine rings is 2. The number of carbonyl (C=O) groups is 1. The summed E-state index contributed by atoms with van der Waals surface area (Å²) in [5, 5.41) is 5.54. The van der Waals surface area contributed by atoms with Crippen molar-refractivity contribution in [3.05, 3.63) is 64.2 Å². The van der Waals surface area contributed by atoms with Gasteiger partial charge < -0.3 is 4.90 Å². The number of hydrogen-bond acceptors (Lipinski definition) is 4. The smallest absolute Gasteiger partial charge is 0.315 e. The molecule has 4 heterocycles. The summed E-state index contributed by atoms with van der Waals surface area (Å²) in [7, 11) is 0. The highest BCUT2D eigenvalue weighted by molar-refractivity contribution is 6.29. The normalized spacial score (nSPS) is 18.6. The second-order valence-corrected chi connectivity index (χ2v) is 6.67. The lowest BCUT2D eigenvalue weighted by molar-refractivity contribution is 0.136. The van der Waals surface area contributed by atoms with Crippen molar-refractivity contribution < 1.29 is 13.6 Å². The van der Waals surface area contributed by atoms with Crippen LogP contribution in [0, 0.1) is 11.8 Å². The lowest BCUT2D eigenvalue weighted by Gasteiger charge is -2.37. The highest BCUT2D eigenvalue weighted by Crippen LogP contribution is 2.31. The Bertz CT molecular complexity index is 957. The molecule has 0 aromatic carbocycles. The van der Waals surface area contributed by atoms with E-state index in [0.29, 0.717) is 30.6 Å². The summed E-state index contributed by atoms with van der Waals surface area (Å²) in [6.07, 6.45) is 6.42. The highest BCUT2D eigenvalue weighted by atomic mass is 35.5. The van der Waals surface area contributed by atoms with Crippen molar-refractivity contribution in [1.29, 1.82) is 0 Å². The first-order chi connectivity index (χ1) is 13.0. The third-order valence-electron chi connectivity index (χ3n) is 4.40. The molecule has 138 valence electrons. The maximum Gasteiger partial charge on any atom is 0.341 e. The van der Waals surface area contributed by atoms with Crippen LogP contribution in [0.25, 0.3) is 6.08 Å². The minimum absolute atomic E-state index is 0.0878. The molecule has 0 aliphatic carbocycles. The quantitative estimate of drug-likeness (QED) is 0.736. The maximum atomic E-state index is 13.8. The maximum absolute atomic E-state index is 13.8. The van der Waals surface area contributed by atoms with Gasteiger partial charge in [-0.05, 0) is 35.4 Å². The summed E-state index contributed by atoms with van der Waals surface area (Å²) in [4.78, 5) is 21.7. The van der Waals surface area contributed by atoms with E-state index >= 15 is 0 Å².